The van der Waals surface area contributed by atoms with Gasteiger partial charge >= 0.3 is 0 Å². The van der Waals surface area contributed by atoms with Crippen LogP contribution in [0.1, 0.15) is 38.7 Å². The number of imidazole rings is 1. The van der Waals surface area contributed by atoms with Crippen molar-refractivity contribution in [2.75, 3.05) is 26.3 Å². The van der Waals surface area contributed by atoms with E-state index in [0.29, 0.717) is 55.0 Å². The third-order valence-electron chi connectivity index (χ3n) is 6.19. The third kappa shape index (κ3) is 6.04. The van der Waals surface area contributed by atoms with Gasteiger partial charge in [0.25, 0.3) is 0 Å². The Morgan fingerprint density at radius 3 is 2.77 bits per heavy atom. The molecular formula is C25H31F2N3O3S2. The number of halogens is 2. The van der Waals surface area contributed by atoms with Gasteiger partial charge in [-0.25, -0.2) is 22.2 Å². The van der Waals surface area contributed by atoms with Gasteiger partial charge in [0.05, 0.1) is 15.9 Å². The average molecular weight is 524 g/mol. The average Bonchev–Trinajstić information content (AvgIpc) is 3.18. The third-order valence-corrected chi connectivity index (χ3v) is 9.07. The summed E-state index contributed by atoms with van der Waals surface area (Å²) in [6, 6.07) is 8.62. The van der Waals surface area contributed by atoms with E-state index in [1.54, 1.807) is 22.5 Å². The minimum absolute atomic E-state index is 0.235. The van der Waals surface area contributed by atoms with Crippen molar-refractivity contribution in [1.82, 2.24) is 13.9 Å². The Morgan fingerprint density at radius 1 is 1.20 bits per heavy atom. The second-order valence-corrected chi connectivity index (χ2v) is 11.8. The molecule has 1 aliphatic rings. The first-order chi connectivity index (χ1) is 16.8. The molecule has 0 saturated carbocycles. The lowest BCUT2D eigenvalue weighted by Crippen LogP contribution is -2.39. The molecule has 35 heavy (non-hydrogen) atoms. The quantitative estimate of drug-likeness (QED) is 0.261. The molecule has 4 rings (SSSR count). The van der Waals surface area contributed by atoms with Crippen molar-refractivity contribution >= 4 is 32.8 Å². The number of thioether (sulfide) groups is 1. The second-order valence-electron chi connectivity index (χ2n) is 8.88. The zero-order valence-corrected chi connectivity index (χ0v) is 21.7. The Morgan fingerprint density at radius 2 is 2.03 bits per heavy atom. The smallest absolute Gasteiger partial charge is 0.243 e. The van der Waals surface area contributed by atoms with E-state index in [-0.39, 0.29) is 10.6 Å². The Bertz CT molecular complexity index is 1280. The summed E-state index contributed by atoms with van der Waals surface area (Å²) in [6.45, 7) is 6.91. The lowest BCUT2D eigenvalue weighted by atomic mass is 10.0. The van der Waals surface area contributed by atoms with E-state index in [1.807, 2.05) is 11.5 Å². The maximum atomic E-state index is 14.2. The van der Waals surface area contributed by atoms with Gasteiger partial charge in [-0.15, -0.1) is 0 Å². The Balaban J connectivity index is 1.63. The van der Waals surface area contributed by atoms with Crippen molar-refractivity contribution in [3.8, 4) is 0 Å². The monoisotopic (exact) mass is 523 g/mol. The molecule has 2 heterocycles. The zero-order chi connectivity index (χ0) is 25.0. The number of hydrogen-bond donors (Lipinski definition) is 0. The summed E-state index contributed by atoms with van der Waals surface area (Å²) in [5, 5.41) is 0.654. The maximum absolute atomic E-state index is 14.2. The van der Waals surface area contributed by atoms with Crippen LogP contribution in [-0.2, 0) is 27.1 Å². The first-order valence-electron chi connectivity index (χ1n) is 11.9. The summed E-state index contributed by atoms with van der Waals surface area (Å²) in [6.07, 6.45) is 2.65. The maximum Gasteiger partial charge on any atom is 0.243 e. The first-order valence-corrected chi connectivity index (χ1v) is 14.4. The molecule has 0 N–H and O–H groups in total. The van der Waals surface area contributed by atoms with Crippen LogP contribution in [0.25, 0.3) is 11.0 Å². The fourth-order valence-corrected chi connectivity index (χ4v) is 6.98. The van der Waals surface area contributed by atoms with Gasteiger partial charge in [-0.05, 0) is 61.9 Å². The van der Waals surface area contributed by atoms with E-state index in [0.717, 1.165) is 30.8 Å². The van der Waals surface area contributed by atoms with Crippen molar-refractivity contribution < 1.29 is 21.9 Å². The molecule has 2 aromatic carbocycles. The summed E-state index contributed by atoms with van der Waals surface area (Å²) in [7, 11) is -3.61. The number of benzene rings is 2. The van der Waals surface area contributed by atoms with Crippen LogP contribution >= 0.6 is 11.8 Å². The molecule has 0 bridgehead atoms. The predicted molar refractivity (Wildman–Crippen MR) is 134 cm³/mol. The largest absolute Gasteiger partial charge is 0.382 e. The Hall–Kier alpha value is -2.01. The van der Waals surface area contributed by atoms with Crippen LogP contribution in [0.15, 0.2) is 46.5 Å². The standard InChI is InChI=1S/C25H31F2N3O3S2/c1-3-33-13-5-12-30-24-10-9-21(35(31,32)29-11-4-6-18(2)16-29)15-23(24)28-25(30)34-17-19-7-8-20(26)14-22(19)27/h7-10,14-15,18H,3-6,11-13,16-17H2,1-2H3/t18-/m0/s1. The van der Waals surface area contributed by atoms with Crippen molar-refractivity contribution in [3.63, 3.8) is 0 Å². The topological polar surface area (TPSA) is 64.4 Å². The zero-order valence-electron chi connectivity index (χ0n) is 20.0. The SMILES string of the molecule is CCOCCCn1c(SCc2ccc(F)cc2F)nc2cc(S(=O)(=O)N3CCC[C@H](C)C3)ccc21. The molecule has 0 radical (unpaired) electrons. The molecule has 190 valence electrons. The molecule has 0 unspecified atom stereocenters. The van der Waals surface area contributed by atoms with E-state index in [2.05, 4.69) is 6.92 Å². The molecule has 1 atom stereocenters. The number of rotatable bonds is 10. The van der Waals surface area contributed by atoms with Crippen LogP contribution in [0, 0.1) is 17.6 Å². The fourth-order valence-electron chi connectivity index (χ4n) is 4.34. The van der Waals surface area contributed by atoms with E-state index in [4.69, 9.17) is 9.72 Å². The molecular weight excluding hydrogens is 492 g/mol. The molecule has 0 amide bonds. The van der Waals surface area contributed by atoms with E-state index in [1.165, 1.54) is 23.9 Å². The predicted octanol–water partition coefficient (Wildman–Crippen LogP) is 5.45. The molecule has 0 spiro atoms. The van der Waals surface area contributed by atoms with Gasteiger partial charge in [0.2, 0.25) is 10.0 Å². The van der Waals surface area contributed by atoms with E-state index < -0.39 is 21.7 Å². The van der Waals surface area contributed by atoms with Gasteiger partial charge in [0.1, 0.15) is 11.6 Å². The van der Waals surface area contributed by atoms with Crippen LogP contribution in [0.3, 0.4) is 0 Å². The van der Waals surface area contributed by atoms with Crippen LogP contribution < -0.4 is 0 Å². The lowest BCUT2D eigenvalue weighted by Gasteiger charge is -2.30. The number of aryl methyl sites for hydroxylation is 1. The van der Waals surface area contributed by atoms with Crippen molar-refractivity contribution in [3.05, 3.63) is 53.6 Å². The minimum Gasteiger partial charge on any atom is -0.382 e. The van der Waals surface area contributed by atoms with Gasteiger partial charge in [-0.3, -0.25) is 0 Å². The van der Waals surface area contributed by atoms with Gasteiger partial charge in [0, 0.05) is 44.7 Å². The molecule has 1 aromatic heterocycles. The number of sulfonamides is 1. The number of ether oxygens (including phenoxy) is 1. The lowest BCUT2D eigenvalue weighted by molar-refractivity contribution is 0.141. The molecule has 1 fully saturated rings. The molecule has 1 saturated heterocycles. The number of aromatic nitrogens is 2. The Labute approximate surface area is 209 Å². The molecule has 3 aromatic rings. The van der Waals surface area contributed by atoms with E-state index >= 15 is 0 Å². The number of hydrogen-bond acceptors (Lipinski definition) is 5. The van der Waals surface area contributed by atoms with Crippen molar-refractivity contribution in [1.29, 1.82) is 0 Å². The number of nitrogens with zero attached hydrogens (tertiary/aromatic N) is 3. The number of piperidine rings is 1. The highest BCUT2D eigenvalue weighted by molar-refractivity contribution is 7.98. The summed E-state index contributed by atoms with van der Waals surface area (Å²) >= 11 is 1.34. The van der Waals surface area contributed by atoms with E-state index in [9.17, 15) is 17.2 Å². The van der Waals surface area contributed by atoms with Gasteiger partial charge in [-0.1, -0.05) is 24.8 Å². The molecule has 0 aliphatic carbocycles. The number of fused-ring (bicyclic) bond motifs is 1. The van der Waals surface area contributed by atoms with Crippen molar-refractivity contribution in [2.24, 2.45) is 5.92 Å². The normalized spacial score (nSPS) is 17.3. The highest BCUT2D eigenvalue weighted by Gasteiger charge is 2.29. The van der Waals surface area contributed by atoms with Crippen LogP contribution in [-0.4, -0.2) is 48.6 Å². The van der Waals surface area contributed by atoms with Gasteiger partial charge in [-0.2, -0.15) is 4.31 Å². The van der Waals surface area contributed by atoms with Gasteiger partial charge < -0.3 is 9.30 Å². The summed E-state index contributed by atoms with van der Waals surface area (Å²) in [5.74, 6) is -0.601. The van der Waals surface area contributed by atoms with Crippen LogP contribution in [0.5, 0.6) is 0 Å². The molecule has 6 nitrogen and oxygen atoms in total. The summed E-state index contributed by atoms with van der Waals surface area (Å²) < 4.78 is 63.1. The highest BCUT2D eigenvalue weighted by Crippen LogP contribution is 2.31. The van der Waals surface area contributed by atoms with Crippen LogP contribution in [0.2, 0.25) is 0 Å². The second kappa shape index (κ2) is 11.4. The molecule has 10 heteroatoms. The summed E-state index contributed by atoms with van der Waals surface area (Å²) in [4.78, 5) is 4.95. The van der Waals surface area contributed by atoms with Crippen LogP contribution in [0.4, 0.5) is 8.78 Å². The first kappa shape index (κ1) is 26.1. The highest BCUT2D eigenvalue weighted by atomic mass is 32.2. The van der Waals surface area contributed by atoms with Crippen molar-refractivity contribution in [2.45, 2.75) is 55.5 Å². The fraction of sp³-hybridized carbons (Fsp3) is 0.480. The Kier molecular flexibility index (Phi) is 8.46. The van der Waals surface area contributed by atoms with Gasteiger partial charge in [0.15, 0.2) is 5.16 Å². The molecule has 1 aliphatic heterocycles. The minimum atomic E-state index is -3.61. The summed E-state index contributed by atoms with van der Waals surface area (Å²) in [5.41, 5.74) is 1.77.